The zero-order valence-electron chi connectivity index (χ0n) is 16.6. The molecule has 154 valence electrons. The number of piperazine rings is 1. The second-order valence-corrected chi connectivity index (χ2v) is 10.5. The zero-order chi connectivity index (χ0) is 19.6. The summed E-state index contributed by atoms with van der Waals surface area (Å²) < 4.78 is 27.0. The number of quaternary nitrogens is 1. The number of carbonyl (C=O) groups excluding carboxylic acids is 1. The molecule has 0 radical (unpaired) electrons. The summed E-state index contributed by atoms with van der Waals surface area (Å²) in [5.41, 5.74) is 0. The molecule has 4 rings (SSSR count). The van der Waals surface area contributed by atoms with E-state index < -0.39 is 10.0 Å². The van der Waals surface area contributed by atoms with Gasteiger partial charge in [-0.05, 0) is 36.8 Å². The molecule has 3 fully saturated rings. The van der Waals surface area contributed by atoms with Crippen molar-refractivity contribution in [1.29, 1.82) is 0 Å². The smallest absolute Gasteiger partial charge is 0.277 e. The molecule has 2 aliphatic heterocycles. The molecule has 3 aliphatic rings. The van der Waals surface area contributed by atoms with Crippen LogP contribution in [0.25, 0.3) is 0 Å². The molecule has 2 saturated heterocycles. The number of nitrogens with one attached hydrogen (secondary N) is 1. The van der Waals surface area contributed by atoms with Gasteiger partial charge in [0.2, 0.25) is 10.0 Å². The van der Waals surface area contributed by atoms with Crippen LogP contribution in [-0.2, 0) is 14.8 Å². The van der Waals surface area contributed by atoms with Gasteiger partial charge >= 0.3 is 0 Å². The molecule has 0 aromatic heterocycles. The molecule has 2 atom stereocenters. The van der Waals surface area contributed by atoms with Crippen LogP contribution in [0, 0.1) is 11.8 Å². The lowest BCUT2D eigenvalue weighted by Gasteiger charge is -2.41. The van der Waals surface area contributed by atoms with Gasteiger partial charge < -0.3 is 9.80 Å². The van der Waals surface area contributed by atoms with Gasteiger partial charge in [0.1, 0.15) is 0 Å². The second-order valence-electron chi connectivity index (χ2n) is 8.58. The number of carbonyl (C=O) groups is 1. The lowest BCUT2D eigenvalue weighted by Crippen LogP contribution is -3.15. The van der Waals surface area contributed by atoms with Crippen molar-refractivity contribution in [1.82, 2.24) is 9.21 Å². The molecular weight excluding hydrogens is 374 g/mol. The first-order valence-electron chi connectivity index (χ1n) is 10.7. The maximum atomic E-state index is 12.8. The van der Waals surface area contributed by atoms with Crippen LogP contribution in [0.15, 0.2) is 35.2 Å². The lowest BCUT2D eigenvalue weighted by molar-refractivity contribution is -0.896. The van der Waals surface area contributed by atoms with Crippen LogP contribution in [0.5, 0.6) is 0 Å². The van der Waals surface area contributed by atoms with Crippen LogP contribution in [0.2, 0.25) is 0 Å². The largest absolute Gasteiger partial charge is 0.338 e. The molecule has 1 aromatic carbocycles. The van der Waals surface area contributed by atoms with Crippen molar-refractivity contribution >= 4 is 15.9 Å². The van der Waals surface area contributed by atoms with Crippen molar-refractivity contribution < 1.29 is 18.1 Å². The van der Waals surface area contributed by atoms with Crippen molar-refractivity contribution in [3.63, 3.8) is 0 Å². The van der Waals surface area contributed by atoms with E-state index in [0.29, 0.717) is 43.5 Å². The summed E-state index contributed by atoms with van der Waals surface area (Å²) in [6, 6.07) is 8.62. The molecular formula is C21H32N3O3S+. The summed E-state index contributed by atoms with van der Waals surface area (Å²) in [6.45, 7) is 4.67. The van der Waals surface area contributed by atoms with Crippen molar-refractivity contribution in [2.45, 2.75) is 37.0 Å². The molecule has 7 heteroatoms. The van der Waals surface area contributed by atoms with E-state index in [4.69, 9.17) is 0 Å². The molecule has 1 aromatic rings. The molecule has 6 nitrogen and oxygen atoms in total. The maximum Gasteiger partial charge on any atom is 0.277 e. The highest BCUT2D eigenvalue weighted by molar-refractivity contribution is 7.89. The van der Waals surface area contributed by atoms with Gasteiger partial charge in [0.05, 0.1) is 31.1 Å². The van der Waals surface area contributed by atoms with Gasteiger partial charge in [-0.25, -0.2) is 8.42 Å². The van der Waals surface area contributed by atoms with Crippen LogP contribution in [0.1, 0.15) is 32.1 Å². The number of piperidine rings is 1. The first kappa shape index (κ1) is 19.9. The van der Waals surface area contributed by atoms with E-state index in [0.717, 1.165) is 25.4 Å². The van der Waals surface area contributed by atoms with Gasteiger partial charge in [0.15, 0.2) is 6.54 Å². The van der Waals surface area contributed by atoms with Gasteiger partial charge in [-0.1, -0.05) is 37.5 Å². The third kappa shape index (κ3) is 4.26. The predicted octanol–water partition coefficient (Wildman–Crippen LogP) is 0.615. The van der Waals surface area contributed by atoms with E-state index in [2.05, 4.69) is 4.90 Å². The van der Waals surface area contributed by atoms with Crippen LogP contribution < -0.4 is 4.90 Å². The Morgan fingerprint density at radius 3 is 2.36 bits per heavy atom. The van der Waals surface area contributed by atoms with E-state index >= 15 is 0 Å². The Hall–Kier alpha value is -1.44. The van der Waals surface area contributed by atoms with Crippen molar-refractivity contribution in [3.8, 4) is 0 Å². The van der Waals surface area contributed by atoms with E-state index in [1.54, 1.807) is 28.6 Å². The summed E-state index contributed by atoms with van der Waals surface area (Å²) in [7, 11) is -3.42. The second kappa shape index (κ2) is 8.51. The number of nitrogens with zero attached hydrogens (tertiary/aromatic N) is 2. The Bertz CT molecular complexity index is 775. The third-order valence-corrected chi connectivity index (χ3v) is 8.77. The molecule has 1 saturated carbocycles. The number of benzene rings is 1. The number of rotatable bonds is 4. The SMILES string of the molecule is O=C(C[NH+]1CCN(S(=O)(=O)c2ccccc2)CC1)N1CC[C@@H]2CCCC[C@H]2C1. The first-order chi connectivity index (χ1) is 13.5. The Balaban J connectivity index is 1.28. The van der Waals surface area contributed by atoms with Crippen molar-refractivity contribution in [3.05, 3.63) is 30.3 Å². The number of amides is 1. The summed E-state index contributed by atoms with van der Waals surface area (Å²) in [4.78, 5) is 16.4. The van der Waals surface area contributed by atoms with E-state index in [9.17, 15) is 13.2 Å². The highest BCUT2D eigenvalue weighted by Crippen LogP contribution is 2.35. The zero-order valence-corrected chi connectivity index (χ0v) is 17.4. The van der Waals surface area contributed by atoms with E-state index in [1.165, 1.54) is 30.6 Å². The maximum absolute atomic E-state index is 12.8. The number of fused-ring (bicyclic) bond motifs is 1. The Labute approximate surface area is 168 Å². The van der Waals surface area contributed by atoms with Gasteiger partial charge in [-0.15, -0.1) is 0 Å². The van der Waals surface area contributed by atoms with Gasteiger partial charge in [0, 0.05) is 13.1 Å². The normalized spacial score (nSPS) is 27.4. The molecule has 1 N–H and O–H groups in total. The number of hydrogen-bond donors (Lipinski definition) is 1. The topological polar surface area (TPSA) is 62.1 Å². The Morgan fingerprint density at radius 2 is 1.64 bits per heavy atom. The predicted molar refractivity (Wildman–Crippen MR) is 107 cm³/mol. The van der Waals surface area contributed by atoms with Crippen LogP contribution in [0.3, 0.4) is 0 Å². The average Bonchev–Trinajstić information content (AvgIpc) is 2.74. The highest BCUT2D eigenvalue weighted by atomic mass is 32.2. The Morgan fingerprint density at radius 1 is 0.964 bits per heavy atom. The van der Waals surface area contributed by atoms with Crippen molar-refractivity contribution in [2.75, 3.05) is 45.8 Å². The summed E-state index contributed by atoms with van der Waals surface area (Å²) in [5.74, 6) is 1.78. The summed E-state index contributed by atoms with van der Waals surface area (Å²) in [6.07, 6.45) is 6.45. The van der Waals surface area contributed by atoms with Crippen LogP contribution in [0.4, 0.5) is 0 Å². The fraction of sp³-hybridized carbons (Fsp3) is 0.667. The Kier molecular flexibility index (Phi) is 6.04. The number of hydrogen-bond acceptors (Lipinski definition) is 3. The molecule has 0 bridgehead atoms. The third-order valence-electron chi connectivity index (χ3n) is 6.86. The van der Waals surface area contributed by atoms with Gasteiger partial charge in [-0.2, -0.15) is 4.31 Å². The first-order valence-corrected chi connectivity index (χ1v) is 12.1. The monoisotopic (exact) mass is 406 g/mol. The quantitative estimate of drug-likeness (QED) is 0.797. The molecule has 0 spiro atoms. The fourth-order valence-electron chi connectivity index (χ4n) is 5.11. The van der Waals surface area contributed by atoms with E-state index in [1.807, 2.05) is 6.07 Å². The standard InChI is InChI=1S/C21H31N3O3S/c25-21(23-11-10-18-6-4-5-7-19(18)16-23)17-22-12-14-24(15-13-22)28(26,27)20-8-2-1-3-9-20/h1-3,8-9,18-19H,4-7,10-17H2/p+1/t18-,19-/m0/s1. The van der Waals surface area contributed by atoms with Crippen molar-refractivity contribution in [2.24, 2.45) is 11.8 Å². The summed E-state index contributed by atoms with van der Waals surface area (Å²) >= 11 is 0. The molecule has 1 amide bonds. The van der Waals surface area contributed by atoms with Gasteiger partial charge in [-0.3, -0.25) is 4.79 Å². The number of likely N-dealkylation sites (tertiary alicyclic amines) is 1. The fourth-order valence-corrected chi connectivity index (χ4v) is 6.58. The minimum Gasteiger partial charge on any atom is -0.338 e. The summed E-state index contributed by atoms with van der Waals surface area (Å²) in [5, 5.41) is 0. The number of sulfonamides is 1. The van der Waals surface area contributed by atoms with E-state index in [-0.39, 0.29) is 5.91 Å². The average molecular weight is 407 g/mol. The highest BCUT2D eigenvalue weighted by Gasteiger charge is 2.35. The van der Waals surface area contributed by atoms with Crippen LogP contribution in [-0.4, -0.2) is 69.3 Å². The van der Waals surface area contributed by atoms with Gasteiger partial charge in [0.25, 0.3) is 5.91 Å². The molecule has 2 heterocycles. The lowest BCUT2D eigenvalue weighted by atomic mass is 9.75. The molecule has 0 unspecified atom stereocenters. The molecule has 1 aliphatic carbocycles. The minimum atomic E-state index is -3.42. The molecule has 28 heavy (non-hydrogen) atoms. The minimum absolute atomic E-state index is 0.249. The van der Waals surface area contributed by atoms with Crippen LogP contribution >= 0.6 is 0 Å².